The Morgan fingerprint density at radius 3 is 2.67 bits per heavy atom. The summed E-state index contributed by atoms with van der Waals surface area (Å²) in [5.74, 6) is -2.19. The molecule has 0 aliphatic carbocycles. The molecule has 30 heavy (non-hydrogen) atoms. The Morgan fingerprint density at radius 2 is 1.90 bits per heavy atom. The number of alkyl halides is 3. The van der Waals surface area contributed by atoms with Crippen LogP contribution >= 0.6 is 0 Å². The predicted molar refractivity (Wildman–Crippen MR) is 101 cm³/mol. The lowest BCUT2D eigenvalue weighted by molar-refractivity contribution is -0.139. The van der Waals surface area contributed by atoms with Crippen molar-refractivity contribution in [1.29, 1.82) is 0 Å². The van der Waals surface area contributed by atoms with E-state index in [1.807, 2.05) is 12.1 Å². The van der Waals surface area contributed by atoms with Crippen LogP contribution in [0.2, 0.25) is 0 Å². The lowest BCUT2D eigenvalue weighted by atomic mass is 10.1. The van der Waals surface area contributed by atoms with Gasteiger partial charge in [-0.3, -0.25) is 9.78 Å². The number of carbonyl (C=O) groups is 1. The van der Waals surface area contributed by atoms with Gasteiger partial charge < -0.3 is 5.32 Å². The van der Waals surface area contributed by atoms with Crippen molar-refractivity contribution < 1.29 is 22.4 Å². The van der Waals surface area contributed by atoms with Gasteiger partial charge in [0.1, 0.15) is 5.82 Å². The zero-order valence-electron chi connectivity index (χ0n) is 15.4. The average Bonchev–Trinajstić information content (AvgIpc) is 3.09. The standard InChI is InChI=1S/C20H13F4N5O/c1-11-18(19(30)26-12-7-8-15(21)14(10-12)20(22,23)24)27-28-29(11)17-6-2-5-16-13(17)4-3-9-25-16/h2-10H,1H3,(H,26,30). The van der Waals surface area contributed by atoms with E-state index in [-0.39, 0.29) is 11.4 Å². The molecule has 0 bridgehead atoms. The summed E-state index contributed by atoms with van der Waals surface area (Å²) >= 11 is 0. The second-order valence-corrected chi connectivity index (χ2v) is 6.43. The summed E-state index contributed by atoms with van der Waals surface area (Å²) < 4.78 is 53.6. The van der Waals surface area contributed by atoms with Gasteiger partial charge in [0, 0.05) is 17.3 Å². The lowest BCUT2D eigenvalue weighted by Crippen LogP contribution is -2.16. The molecular weight excluding hydrogens is 402 g/mol. The summed E-state index contributed by atoms with van der Waals surface area (Å²) in [7, 11) is 0. The van der Waals surface area contributed by atoms with Crippen LogP contribution in [0.4, 0.5) is 23.2 Å². The van der Waals surface area contributed by atoms with Crippen molar-refractivity contribution in [2.24, 2.45) is 0 Å². The van der Waals surface area contributed by atoms with Crippen molar-refractivity contribution in [1.82, 2.24) is 20.0 Å². The van der Waals surface area contributed by atoms with Crippen LogP contribution in [0.5, 0.6) is 0 Å². The number of nitrogens with zero attached hydrogens (tertiary/aromatic N) is 4. The summed E-state index contributed by atoms with van der Waals surface area (Å²) in [6.45, 7) is 1.61. The summed E-state index contributed by atoms with van der Waals surface area (Å²) in [4.78, 5) is 16.8. The SMILES string of the molecule is Cc1c(C(=O)Nc2ccc(F)c(C(F)(F)F)c2)nnn1-c1cccc2ncccc12. The van der Waals surface area contributed by atoms with E-state index < -0.39 is 23.5 Å². The number of hydrogen-bond acceptors (Lipinski definition) is 4. The number of carbonyl (C=O) groups excluding carboxylic acids is 1. The Hall–Kier alpha value is -3.82. The molecule has 1 amide bonds. The van der Waals surface area contributed by atoms with Crippen molar-refractivity contribution in [2.45, 2.75) is 13.1 Å². The van der Waals surface area contributed by atoms with Gasteiger partial charge in [-0.2, -0.15) is 13.2 Å². The van der Waals surface area contributed by atoms with Crippen molar-refractivity contribution in [3.8, 4) is 5.69 Å². The number of nitrogens with one attached hydrogen (secondary N) is 1. The third-order valence-electron chi connectivity index (χ3n) is 4.49. The van der Waals surface area contributed by atoms with E-state index >= 15 is 0 Å². The molecule has 1 N–H and O–H groups in total. The largest absolute Gasteiger partial charge is 0.419 e. The molecule has 2 aromatic carbocycles. The first-order valence-electron chi connectivity index (χ1n) is 8.70. The Morgan fingerprint density at radius 1 is 1.10 bits per heavy atom. The normalized spacial score (nSPS) is 11.6. The summed E-state index contributed by atoms with van der Waals surface area (Å²) in [6, 6.07) is 11.2. The maximum atomic E-state index is 13.4. The third-order valence-corrected chi connectivity index (χ3v) is 4.49. The Kier molecular flexibility index (Phi) is 4.69. The van der Waals surface area contributed by atoms with Crippen molar-refractivity contribution in [3.05, 3.63) is 77.5 Å². The van der Waals surface area contributed by atoms with Crippen LogP contribution in [0, 0.1) is 12.7 Å². The predicted octanol–water partition coefficient (Wildman–Crippen LogP) is 4.53. The molecular formula is C20H13F4N5O. The lowest BCUT2D eigenvalue weighted by Gasteiger charge is -2.11. The molecule has 0 saturated heterocycles. The topological polar surface area (TPSA) is 72.7 Å². The van der Waals surface area contributed by atoms with Gasteiger partial charge in [0.15, 0.2) is 5.69 Å². The molecule has 6 nitrogen and oxygen atoms in total. The molecule has 0 fully saturated rings. The van der Waals surface area contributed by atoms with Crippen LogP contribution in [0.25, 0.3) is 16.6 Å². The fraction of sp³-hybridized carbons (Fsp3) is 0.100. The second-order valence-electron chi connectivity index (χ2n) is 6.43. The summed E-state index contributed by atoms with van der Waals surface area (Å²) in [5, 5.41) is 11.0. The highest BCUT2D eigenvalue weighted by Gasteiger charge is 2.34. The second kappa shape index (κ2) is 7.21. The molecule has 0 spiro atoms. The first-order valence-corrected chi connectivity index (χ1v) is 8.70. The fourth-order valence-electron chi connectivity index (χ4n) is 3.05. The molecule has 2 aromatic heterocycles. The molecule has 0 atom stereocenters. The molecule has 4 aromatic rings. The zero-order chi connectivity index (χ0) is 21.5. The monoisotopic (exact) mass is 415 g/mol. The van der Waals surface area contributed by atoms with Gasteiger partial charge in [0.2, 0.25) is 0 Å². The third kappa shape index (κ3) is 3.47. The molecule has 4 rings (SSSR count). The number of rotatable bonds is 3. The average molecular weight is 415 g/mol. The molecule has 0 radical (unpaired) electrons. The Labute approximate surface area is 167 Å². The van der Waals surface area contributed by atoms with Crippen LogP contribution in [-0.4, -0.2) is 25.9 Å². The number of aromatic nitrogens is 4. The summed E-state index contributed by atoms with van der Waals surface area (Å²) in [6.07, 6.45) is -3.23. The molecule has 152 valence electrons. The maximum absolute atomic E-state index is 13.4. The van der Waals surface area contributed by atoms with Crippen LogP contribution in [0.3, 0.4) is 0 Å². The van der Waals surface area contributed by atoms with E-state index in [2.05, 4.69) is 20.6 Å². The van der Waals surface area contributed by atoms with E-state index in [1.165, 1.54) is 4.68 Å². The quantitative estimate of drug-likeness (QED) is 0.499. The highest BCUT2D eigenvalue weighted by molar-refractivity contribution is 6.03. The smallest absolute Gasteiger partial charge is 0.321 e. The van der Waals surface area contributed by atoms with Gasteiger partial charge >= 0.3 is 6.18 Å². The number of benzene rings is 2. The molecule has 0 aliphatic heterocycles. The molecule has 2 heterocycles. The van der Waals surface area contributed by atoms with E-state index in [0.29, 0.717) is 23.5 Å². The van der Waals surface area contributed by atoms with Crippen LogP contribution < -0.4 is 5.32 Å². The van der Waals surface area contributed by atoms with Gasteiger partial charge in [-0.05, 0) is 49.4 Å². The maximum Gasteiger partial charge on any atom is 0.419 e. The highest BCUT2D eigenvalue weighted by Crippen LogP contribution is 2.33. The first kappa shape index (κ1) is 19.5. The van der Waals surface area contributed by atoms with E-state index in [4.69, 9.17) is 0 Å². The fourth-order valence-corrected chi connectivity index (χ4v) is 3.05. The number of amides is 1. The van der Waals surface area contributed by atoms with Gasteiger partial charge in [-0.25, -0.2) is 9.07 Å². The summed E-state index contributed by atoms with van der Waals surface area (Å²) in [5.41, 5.74) is -0.00978. The van der Waals surface area contributed by atoms with Gasteiger partial charge in [0.25, 0.3) is 5.91 Å². The minimum absolute atomic E-state index is 0.0752. The van der Waals surface area contributed by atoms with Crippen molar-refractivity contribution in [3.63, 3.8) is 0 Å². The number of hydrogen-bond donors (Lipinski definition) is 1. The Bertz CT molecular complexity index is 1260. The number of pyridine rings is 1. The van der Waals surface area contributed by atoms with Crippen LogP contribution in [-0.2, 0) is 6.18 Å². The molecule has 0 saturated carbocycles. The molecule has 0 aliphatic rings. The van der Waals surface area contributed by atoms with Crippen molar-refractivity contribution in [2.75, 3.05) is 5.32 Å². The van der Waals surface area contributed by atoms with E-state index in [9.17, 15) is 22.4 Å². The minimum Gasteiger partial charge on any atom is -0.321 e. The first-order chi connectivity index (χ1) is 14.3. The van der Waals surface area contributed by atoms with Crippen LogP contribution in [0.1, 0.15) is 21.7 Å². The van der Waals surface area contributed by atoms with Crippen molar-refractivity contribution >= 4 is 22.5 Å². The van der Waals surface area contributed by atoms with Gasteiger partial charge in [0.05, 0.1) is 22.5 Å². The van der Waals surface area contributed by atoms with E-state index in [1.54, 1.807) is 31.3 Å². The van der Waals surface area contributed by atoms with Gasteiger partial charge in [-0.1, -0.05) is 11.3 Å². The zero-order valence-corrected chi connectivity index (χ0v) is 15.4. The number of halogens is 4. The van der Waals surface area contributed by atoms with Crippen LogP contribution in [0.15, 0.2) is 54.7 Å². The van der Waals surface area contributed by atoms with E-state index in [0.717, 1.165) is 17.0 Å². The molecule has 0 unspecified atom stereocenters. The highest BCUT2D eigenvalue weighted by atomic mass is 19.4. The molecule has 10 heteroatoms. The number of fused-ring (bicyclic) bond motifs is 1. The number of anilines is 1. The van der Waals surface area contributed by atoms with Gasteiger partial charge in [-0.15, -0.1) is 5.10 Å². The Balaban J connectivity index is 1.67. The minimum atomic E-state index is -4.88.